The maximum atomic E-state index is 13.6. The van der Waals surface area contributed by atoms with Crippen LogP contribution in [-0.2, 0) is 11.2 Å². The molecule has 1 aromatic carbocycles. The largest absolute Gasteiger partial charge is 0.369 e. The van der Waals surface area contributed by atoms with Crippen LogP contribution in [0.25, 0.3) is 11.7 Å². The van der Waals surface area contributed by atoms with Crippen LogP contribution < -0.4 is 10.9 Å². The van der Waals surface area contributed by atoms with Crippen molar-refractivity contribution >= 4 is 51.7 Å². The van der Waals surface area contributed by atoms with E-state index in [0.717, 1.165) is 24.8 Å². The average molecular weight is 535 g/mol. The number of hydrogen-bond donors (Lipinski definition) is 1. The van der Waals surface area contributed by atoms with Gasteiger partial charge in [0.25, 0.3) is 11.5 Å². The number of aromatic nitrogens is 2. The number of nitrogens with zero attached hydrogens (tertiary/aromatic N) is 3. The zero-order valence-electron chi connectivity index (χ0n) is 21.5. The monoisotopic (exact) mass is 534 g/mol. The molecule has 3 heterocycles. The van der Waals surface area contributed by atoms with Crippen LogP contribution in [0, 0.1) is 6.92 Å². The smallest absolute Gasteiger partial charge is 0.267 e. The Hall–Kier alpha value is -2.97. The SMILES string of the molecule is CCCCCCCCN1C(=O)/C(=C\c2c(NCCc3ccccc3)nc3c(C)cccn3c2=O)SC1=S. The van der Waals surface area contributed by atoms with Crippen LogP contribution in [0.2, 0.25) is 0 Å². The van der Waals surface area contributed by atoms with Crippen LogP contribution in [0.1, 0.15) is 62.1 Å². The summed E-state index contributed by atoms with van der Waals surface area (Å²) in [4.78, 5) is 33.7. The van der Waals surface area contributed by atoms with Crippen molar-refractivity contribution < 1.29 is 4.79 Å². The first kappa shape index (κ1) is 27.1. The molecule has 0 atom stereocenters. The van der Waals surface area contributed by atoms with Gasteiger partial charge in [-0.25, -0.2) is 4.98 Å². The molecule has 8 heteroatoms. The molecule has 1 saturated heterocycles. The minimum absolute atomic E-state index is 0.132. The Kier molecular flexibility index (Phi) is 9.52. The van der Waals surface area contributed by atoms with Gasteiger partial charge in [-0.05, 0) is 43.0 Å². The molecular formula is C29H34N4O2S2. The van der Waals surface area contributed by atoms with Gasteiger partial charge in [-0.3, -0.25) is 18.9 Å². The summed E-state index contributed by atoms with van der Waals surface area (Å²) >= 11 is 6.79. The minimum atomic E-state index is -0.211. The number of rotatable bonds is 12. The van der Waals surface area contributed by atoms with E-state index in [4.69, 9.17) is 17.2 Å². The molecule has 1 N–H and O–H groups in total. The Labute approximate surface area is 228 Å². The molecule has 37 heavy (non-hydrogen) atoms. The van der Waals surface area contributed by atoms with Crippen molar-refractivity contribution in [2.24, 2.45) is 0 Å². The van der Waals surface area contributed by atoms with E-state index in [1.807, 2.05) is 37.3 Å². The van der Waals surface area contributed by atoms with Crippen LogP contribution in [0.5, 0.6) is 0 Å². The highest BCUT2D eigenvalue weighted by Crippen LogP contribution is 2.33. The number of hydrogen-bond acceptors (Lipinski definition) is 6. The molecule has 0 radical (unpaired) electrons. The second kappa shape index (κ2) is 13.0. The molecule has 6 nitrogen and oxygen atoms in total. The molecule has 1 fully saturated rings. The summed E-state index contributed by atoms with van der Waals surface area (Å²) in [5, 5.41) is 3.36. The number of amides is 1. The Bertz CT molecular complexity index is 1350. The number of thiocarbonyl (C=S) groups is 1. The van der Waals surface area contributed by atoms with E-state index in [1.54, 1.807) is 21.6 Å². The number of thioether (sulfide) groups is 1. The van der Waals surface area contributed by atoms with Gasteiger partial charge < -0.3 is 5.32 Å². The maximum absolute atomic E-state index is 13.6. The standard InChI is InChI=1S/C29H34N4O2S2/c1-3-4-5-6-7-11-18-33-28(35)24(37-29(33)36)20-23-25(30-17-16-22-14-9-8-10-15-22)31-26-21(2)13-12-19-32(26)27(23)34/h8-10,12-15,19-20,30H,3-7,11,16-18H2,1-2H3/b24-20+. The second-order valence-corrected chi connectivity index (χ2v) is 11.0. The maximum Gasteiger partial charge on any atom is 0.267 e. The highest BCUT2D eigenvalue weighted by atomic mass is 32.2. The number of pyridine rings is 1. The summed E-state index contributed by atoms with van der Waals surface area (Å²) in [5.74, 6) is 0.351. The second-order valence-electron chi connectivity index (χ2n) is 9.33. The Morgan fingerprint density at radius 2 is 1.78 bits per heavy atom. The summed E-state index contributed by atoms with van der Waals surface area (Å²) in [6, 6.07) is 13.9. The third kappa shape index (κ3) is 6.67. The number of benzene rings is 1. The zero-order chi connectivity index (χ0) is 26.2. The first-order chi connectivity index (χ1) is 18.0. The lowest BCUT2D eigenvalue weighted by atomic mass is 10.1. The Morgan fingerprint density at radius 1 is 1.03 bits per heavy atom. The first-order valence-corrected chi connectivity index (χ1v) is 14.3. The quantitative estimate of drug-likeness (QED) is 0.169. The van der Waals surface area contributed by atoms with Gasteiger partial charge in [-0.1, -0.05) is 99.4 Å². The fourth-order valence-corrected chi connectivity index (χ4v) is 5.71. The van der Waals surface area contributed by atoms with E-state index < -0.39 is 0 Å². The molecule has 0 saturated carbocycles. The van der Waals surface area contributed by atoms with Gasteiger partial charge in [-0.2, -0.15) is 0 Å². The lowest BCUT2D eigenvalue weighted by Gasteiger charge is -2.14. The summed E-state index contributed by atoms with van der Waals surface area (Å²) in [6.07, 6.45) is 11.0. The average Bonchev–Trinajstić information content (AvgIpc) is 3.16. The van der Waals surface area contributed by atoms with Crippen molar-refractivity contribution in [2.45, 2.75) is 58.8 Å². The van der Waals surface area contributed by atoms with E-state index in [2.05, 4.69) is 24.4 Å². The lowest BCUT2D eigenvalue weighted by Crippen LogP contribution is -2.29. The Balaban J connectivity index is 1.57. The van der Waals surface area contributed by atoms with E-state index in [9.17, 15) is 9.59 Å². The predicted molar refractivity (Wildman–Crippen MR) is 158 cm³/mol. The van der Waals surface area contributed by atoms with E-state index in [0.29, 0.717) is 39.3 Å². The third-order valence-electron chi connectivity index (χ3n) is 6.52. The number of fused-ring (bicyclic) bond motifs is 1. The van der Waals surface area contributed by atoms with E-state index in [1.165, 1.54) is 43.0 Å². The molecule has 0 spiro atoms. The summed E-state index contributed by atoms with van der Waals surface area (Å²) in [6.45, 7) is 5.36. The topological polar surface area (TPSA) is 66.7 Å². The molecule has 0 unspecified atom stereocenters. The van der Waals surface area contributed by atoms with Gasteiger partial charge in [0, 0.05) is 19.3 Å². The van der Waals surface area contributed by atoms with Crippen LogP contribution in [0.3, 0.4) is 0 Å². The number of anilines is 1. The lowest BCUT2D eigenvalue weighted by molar-refractivity contribution is -0.122. The minimum Gasteiger partial charge on any atom is -0.369 e. The van der Waals surface area contributed by atoms with E-state index in [-0.39, 0.29) is 11.5 Å². The molecule has 1 aliphatic rings. The normalized spacial score (nSPS) is 14.8. The predicted octanol–water partition coefficient (Wildman–Crippen LogP) is 6.22. The molecule has 0 aliphatic carbocycles. The van der Waals surface area contributed by atoms with Gasteiger partial charge in [-0.15, -0.1) is 0 Å². The van der Waals surface area contributed by atoms with Crippen molar-refractivity contribution in [1.29, 1.82) is 0 Å². The first-order valence-electron chi connectivity index (χ1n) is 13.0. The fraction of sp³-hybridized carbons (Fsp3) is 0.379. The number of carbonyl (C=O) groups is 1. The molecule has 3 aromatic rings. The molecule has 194 valence electrons. The molecule has 0 bridgehead atoms. The Morgan fingerprint density at radius 3 is 2.57 bits per heavy atom. The van der Waals surface area contributed by atoms with Gasteiger partial charge >= 0.3 is 0 Å². The van der Waals surface area contributed by atoms with Gasteiger partial charge in [0.05, 0.1) is 10.5 Å². The van der Waals surface area contributed by atoms with Crippen molar-refractivity contribution in [3.63, 3.8) is 0 Å². The van der Waals surface area contributed by atoms with Gasteiger partial charge in [0.1, 0.15) is 15.8 Å². The molecular weight excluding hydrogens is 500 g/mol. The third-order valence-corrected chi connectivity index (χ3v) is 7.90. The molecule has 1 amide bonds. The van der Waals surface area contributed by atoms with Crippen LogP contribution in [0.15, 0.2) is 58.4 Å². The van der Waals surface area contributed by atoms with Crippen molar-refractivity contribution in [3.05, 3.63) is 80.6 Å². The summed E-state index contributed by atoms with van der Waals surface area (Å²) < 4.78 is 2.09. The molecule has 1 aliphatic heterocycles. The molecule has 4 rings (SSSR count). The van der Waals surface area contributed by atoms with Crippen LogP contribution >= 0.6 is 24.0 Å². The highest BCUT2D eigenvalue weighted by Gasteiger charge is 2.32. The van der Waals surface area contributed by atoms with Crippen molar-refractivity contribution in [3.8, 4) is 0 Å². The van der Waals surface area contributed by atoms with E-state index >= 15 is 0 Å². The zero-order valence-corrected chi connectivity index (χ0v) is 23.2. The number of carbonyl (C=O) groups excluding carboxylic acids is 1. The van der Waals surface area contributed by atoms with Crippen LogP contribution in [-0.4, -0.2) is 37.6 Å². The van der Waals surface area contributed by atoms with Crippen molar-refractivity contribution in [2.75, 3.05) is 18.4 Å². The number of unbranched alkanes of at least 4 members (excludes halogenated alkanes) is 5. The summed E-state index contributed by atoms with van der Waals surface area (Å²) in [5.41, 5.74) is 2.86. The van der Waals surface area contributed by atoms with Crippen LogP contribution in [0.4, 0.5) is 5.82 Å². The highest BCUT2D eigenvalue weighted by molar-refractivity contribution is 8.26. The van der Waals surface area contributed by atoms with Gasteiger partial charge in [0.2, 0.25) is 0 Å². The molecule has 2 aromatic heterocycles. The fourth-order valence-electron chi connectivity index (χ4n) is 4.42. The van der Waals surface area contributed by atoms with Gasteiger partial charge in [0.15, 0.2) is 0 Å². The van der Waals surface area contributed by atoms with Crippen molar-refractivity contribution in [1.82, 2.24) is 14.3 Å². The number of aryl methyl sites for hydroxylation is 1. The number of nitrogens with one attached hydrogen (secondary N) is 1. The summed E-state index contributed by atoms with van der Waals surface area (Å²) in [7, 11) is 0.